The van der Waals surface area contributed by atoms with Crippen LogP contribution in [0.5, 0.6) is 0 Å². The average Bonchev–Trinajstić information content (AvgIpc) is 2.25. The number of hydrogen-bond acceptors (Lipinski definition) is 2. The number of carbonyl (C=O) groups excluding carboxylic acids is 1. The molecular formula is C10H12ClF3N2O. The Morgan fingerprint density at radius 3 is 2.29 bits per heavy atom. The highest BCUT2D eigenvalue weighted by Crippen LogP contribution is 2.14. The van der Waals surface area contributed by atoms with E-state index in [0.29, 0.717) is 5.56 Å². The first-order chi connectivity index (χ1) is 7.40. The van der Waals surface area contributed by atoms with Crippen LogP contribution in [0.15, 0.2) is 30.3 Å². The number of halogens is 4. The van der Waals surface area contributed by atoms with E-state index in [1.54, 1.807) is 35.6 Å². The summed E-state index contributed by atoms with van der Waals surface area (Å²) in [6, 6.07) is 7.13. The summed E-state index contributed by atoms with van der Waals surface area (Å²) in [5.74, 6) is -0.844. The van der Waals surface area contributed by atoms with Crippen LogP contribution in [0.1, 0.15) is 11.6 Å². The van der Waals surface area contributed by atoms with Crippen LogP contribution in [0.4, 0.5) is 13.2 Å². The SMILES string of the molecule is Cl.NC(C(=O)NCC(F)(F)F)c1ccccc1. The minimum Gasteiger partial charge on any atom is -0.345 e. The summed E-state index contributed by atoms with van der Waals surface area (Å²) in [5.41, 5.74) is 5.96. The second kappa shape index (κ2) is 6.46. The van der Waals surface area contributed by atoms with Crippen molar-refractivity contribution in [1.82, 2.24) is 5.32 Å². The zero-order valence-electron chi connectivity index (χ0n) is 8.70. The van der Waals surface area contributed by atoms with E-state index in [-0.39, 0.29) is 12.4 Å². The van der Waals surface area contributed by atoms with Gasteiger partial charge in [-0.2, -0.15) is 13.2 Å². The molecule has 1 aromatic rings. The van der Waals surface area contributed by atoms with Gasteiger partial charge in [0.15, 0.2) is 0 Å². The van der Waals surface area contributed by atoms with Gasteiger partial charge in [-0.3, -0.25) is 4.79 Å². The van der Waals surface area contributed by atoms with E-state index in [4.69, 9.17) is 5.73 Å². The maximum Gasteiger partial charge on any atom is 0.405 e. The first kappa shape index (κ1) is 15.7. The fraction of sp³-hybridized carbons (Fsp3) is 0.300. The molecule has 96 valence electrons. The maximum absolute atomic E-state index is 11.8. The van der Waals surface area contributed by atoms with Crippen molar-refractivity contribution in [2.75, 3.05) is 6.54 Å². The van der Waals surface area contributed by atoms with Crippen LogP contribution in [0, 0.1) is 0 Å². The summed E-state index contributed by atoms with van der Waals surface area (Å²) in [4.78, 5) is 11.3. The summed E-state index contributed by atoms with van der Waals surface area (Å²) in [6.45, 7) is -1.37. The molecular weight excluding hydrogens is 257 g/mol. The van der Waals surface area contributed by atoms with Gasteiger partial charge in [0.1, 0.15) is 12.6 Å². The predicted molar refractivity (Wildman–Crippen MR) is 59.7 cm³/mol. The highest BCUT2D eigenvalue weighted by atomic mass is 35.5. The molecule has 3 N–H and O–H groups in total. The van der Waals surface area contributed by atoms with Gasteiger partial charge in [-0.25, -0.2) is 0 Å². The molecule has 0 bridgehead atoms. The van der Waals surface area contributed by atoms with Crippen LogP contribution in [0.25, 0.3) is 0 Å². The van der Waals surface area contributed by atoms with Gasteiger partial charge < -0.3 is 11.1 Å². The molecule has 0 spiro atoms. The lowest BCUT2D eigenvalue weighted by molar-refractivity contribution is -0.139. The lowest BCUT2D eigenvalue weighted by atomic mass is 10.1. The molecule has 0 aliphatic carbocycles. The lowest BCUT2D eigenvalue weighted by Crippen LogP contribution is -2.39. The van der Waals surface area contributed by atoms with E-state index < -0.39 is 24.7 Å². The smallest absolute Gasteiger partial charge is 0.345 e. The van der Waals surface area contributed by atoms with Crippen molar-refractivity contribution >= 4 is 18.3 Å². The van der Waals surface area contributed by atoms with Crippen LogP contribution in [0.3, 0.4) is 0 Å². The Morgan fingerprint density at radius 1 is 1.29 bits per heavy atom. The Balaban J connectivity index is 0.00000256. The summed E-state index contributed by atoms with van der Waals surface area (Å²) in [6.07, 6.45) is -4.42. The zero-order chi connectivity index (χ0) is 12.2. The minimum absolute atomic E-state index is 0. The lowest BCUT2D eigenvalue weighted by Gasteiger charge is -2.13. The number of rotatable bonds is 3. The predicted octanol–water partition coefficient (Wildman–Crippen LogP) is 1.79. The fourth-order valence-electron chi connectivity index (χ4n) is 1.11. The van der Waals surface area contributed by atoms with Gasteiger partial charge in [0.2, 0.25) is 5.91 Å². The highest BCUT2D eigenvalue weighted by Gasteiger charge is 2.29. The number of benzene rings is 1. The zero-order valence-corrected chi connectivity index (χ0v) is 9.52. The van der Waals surface area contributed by atoms with Gasteiger partial charge in [0, 0.05) is 0 Å². The second-order valence-corrected chi connectivity index (χ2v) is 3.22. The third-order valence-corrected chi connectivity index (χ3v) is 1.90. The molecule has 3 nitrogen and oxygen atoms in total. The molecule has 17 heavy (non-hydrogen) atoms. The Morgan fingerprint density at radius 2 is 1.82 bits per heavy atom. The molecule has 1 amide bonds. The van der Waals surface area contributed by atoms with E-state index in [9.17, 15) is 18.0 Å². The molecule has 1 aromatic carbocycles. The number of nitrogens with one attached hydrogen (secondary N) is 1. The van der Waals surface area contributed by atoms with Crippen molar-refractivity contribution in [3.05, 3.63) is 35.9 Å². The highest BCUT2D eigenvalue weighted by molar-refractivity contribution is 5.85. The first-order valence-corrected chi connectivity index (χ1v) is 4.55. The van der Waals surface area contributed by atoms with E-state index in [0.717, 1.165) is 0 Å². The van der Waals surface area contributed by atoms with Crippen molar-refractivity contribution in [1.29, 1.82) is 0 Å². The minimum atomic E-state index is -4.42. The van der Waals surface area contributed by atoms with Crippen LogP contribution in [-0.2, 0) is 4.79 Å². The van der Waals surface area contributed by atoms with Gasteiger partial charge in [0.05, 0.1) is 0 Å². The Kier molecular flexibility index (Phi) is 5.98. The molecule has 0 aliphatic heterocycles. The monoisotopic (exact) mass is 268 g/mol. The Labute approximate surface area is 103 Å². The summed E-state index contributed by atoms with van der Waals surface area (Å²) in [5, 5.41) is 1.73. The topological polar surface area (TPSA) is 55.1 Å². The molecule has 1 rings (SSSR count). The number of amides is 1. The van der Waals surface area contributed by atoms with E-state index in [1.807, 2.05) is 0 Å². The maximum atomic E-state index is 11.8. The molecule has 0 heterocycles. The molecule has 0 radical (unpaired) electrons. The first-order valence-electron chi connectivity index (χ1n) is 4.55. The molecule has 1 atom stereocenters. The van der Waals surface area contributed by atoms with Crippen molar-refractivity contribution in [3.63, 3.8) is 0 Å². The summed E-state index contributed by atoms with van der Waals surface area (Å²) >= 11 is 0. The van der Waals surface area contributed by atoms with Crippen LogP contribution in [0.2, 0.25) is 0 Å². The summed E-state index contributed by atoms with van der Waals surface area (Å²) in [7, 11) is 0. The molecule has 0 aliphatic rings. The van der Waals surface area contributed by atoms with Crippen LogP contribution < -0.4 is 11.1 Å². The summed E-state index contributed by atoms with van der Waals surface area (Å²) < 4.78 is 35.5. The molecule has 0 aromatic heterocycles. The third kappa shape index (κ3) is 5.55. The molecule has 1 unspecified atom stereocenters. The number of nitrogens with two attached hydrogens (primary N) is 1. The van der Waals surface area contributed by atoms with E-state index >= 15 is 0 Å². The molecule has 7 heteroatoms. The van der Waals surface area contributed by atoms with Crippen molar-refractivity contribution in [2.45, 2.75) is 12.2 Å². The second-order valence-electron chi connectivity index (χ2n) is 3.22. The third-order valence-electron chi connectivity index (χ3n) is 1.90. The largest absolute Gasteiger partial charge is 0.405 e. The van der Waals surface area contributed by atoms with Crippen molar-refractivity contribution in [3.8, 4) is 0 Å². The van der Waals surface area contributed by atoms with Crippen molar-refractivity contribution < 1.29 is 18.0 Å². The van der Waals surface area contributed by atoms with Gasteiger partial charge in [0.25, 0.3) is 0 Å². The van der Waals surface area contributed by atoms with Crippen molar-refractivity contribution in [2.24, 2.45) is 5.73 Å². The number of alkyl halides is 3. The normalized spacial score (nSPS) is 12.5. The van der Waals surface area contributed by atoms with Gasteiger partial charge >= 0.3 is 6.18 Å². The van der Waals surface area contributed by atoms with E-state index in [2.05, 4.69) is 0 Å². The van der Waals surface area contributed by atoms with Gasteiger partial charge in [-0.15, -0.1) is 12.4 Å². The average molecular weight is 269 g/mol. The van der Waals surface area contributed by atoms with Crippen LogP contribution >= 0.6 is 12.4 Å². The number of carbonyl (C=O) groups is 1. The standard InChI is InChI=1S/C10H11F3N2O.ClH/c11-10(12,13)6-15-9(16)8(14)7-4-2-1-3-5-7;/h1-5,8H,6,14H2,(H,15,16);1H. The van der Waals surface area contributed by atoms with Crippen LogP contribution in [-0.4, -0.2) is 18.6 Å². The molecule has 0 saturated heterocycles. The Bertz CT molecular complexity index is 356. The molecule has 0 saturated carbocycles. The van der Waals surface area contributed by atoms with Gasteiger partial charge in [-0.05, 0) is 5.56 Å². The number of hydrogen-bond donors (Lipinski definition) is 2. The molecule has 0 fully saturated rings. The van der Waals surface area contributed by atoms with E-state index in [1.165, 1.54) is 0 Å². The fourth-order valence-corrected chi connectivity index (χ4v) is 1.11. The van der Waals surface area contributed by atoms with Gasteiger partial charge in [-0.1, -0.05) is 30.3 Å². The Hall–Kier alpha value is -1.27. The quantitative estimate of drug-likeness (QED) is 0.878.